The Kier molecular flexibility index (Phi) is 4.48. The minimum absolute atomic E-state index is 0.119. The molecule has 2 rings (SSSR count). The Hall–Kier alpha value is -2.49. The summed E-state index contributed by atoms with van der Waals surface area (Å²) in [5.41, 5.74) is 2.10. The van der Waals surface area contributed by atoms with Crippen molar-refractivity contribution in [3.05, 3.63) is 59.2 Å². The first-order valence-electron chi connectivity index (χ1n) is 6.70. The van der Waals surface area contributed by atoms with E-state index in [1.165, 1.54) is 0 Å². The molecule has 0 bridgehead atoms. The number of hydrogen-bond acceptors (Lipinski definition) is 3. The zero-order valence-electron chi connectivity index (χ0n) is 12.5. The fourth-order valence-electron chi connectivity index (χ4n) is 2.18. The van der Waals surface area contributed by atoms with Crippen LogP contribution in [-0.2, 0) is 6.54 Å². The predicted octanol–water partition coefficient (Wildman–Crippen LogP) is 2.98. The van der Waals surface area contributed by atoms with Gasteiger partial charge in [0.15, 0.2) is 0 Å². The molecule has 0 aliphatic rings. The normalized spacial score (nSPS) is 10.2. The van der Waals surface area contributed by atoms with Gasteiger partial charge in [-0.25, -0.2) is 0 Å². The maximum absolute atomic E-state index is 12.5. The van der Waals surface area contributed by atoms with Gasteiger partial charge >= 0.3 is 0 Å². The van der Waals surface area contributed by atoms with Crippen LogP contribution in [0.2, 0.25) is 0 Å². The molecule has 2 aromatic rings. The number of ether oxygens (including phenoxy) is 1. The Bertz CT molecular complexity index is 652. The van der Waals surface area contributed by atoms with Gasteiger partial charge in [0.05, 0.1) is 7.11 Å². The summed E-state index contributed by atoms with van der Waals surface area (Å²) in [6.45, 7) is 2.22. The number of benzene rings is 2. The third-order valence-corrected chi connectivity index (χ3v) is 3.44. The first-order chi connectivity index (χ1) is 10.0. The van der Waals surface area contributed by atoms with Crippen molar-refractivity contribution in [2.24, 2.45) is 0 Å². The summed E-state index contributed by atoms with van der Waals surface area (Å²) in [6.07, 6.45) is 0. The highest BCUT2D eigenvalue weighted by Crippen LogP contribution is 2.21. The zero-order chi connectivity index (χ0) is 15.4. The highest BCUT2D eigenvalue weighted by molar-refractivity contribution is 5.96. The lowest BCUT2D eigenvalue weighted by atomic mass is 10.1. The number of methoxy groups -OCH3 is 1. The SMILES string of the molecule is COc1cccc(CN(C)C(=O)c2cccc(O)c2C)c1. The Morgan fingerprint density at radius 2 is 1.95 bits per heavy atom. The van der Waals surface area contributed by atoms with Gasteiger partial charge in [-0.15, -0.1) is 0 Å². The molecule has 0 radical (unpaired) electrons. The average molecular weight is 285 g/mol. The molecule has 0 aliphatic heterocycles. The quantitative estimate of drug-likeness (QED) is 0.939. The molecular weight excluding hydrogens is 266 g/mol. The van der Waals surface area contributed by atoms with Crippen molar-refractivity contribution < 1.29 is 14.6 Å². The van der Waals surface area contributed by atoms with Crippen LogP contribution in [0, 0.1) is 6.92 Å². The van der Waals surface area contributed by atoms with Crippen LogP contribution in [0.25, 0.3) is 0 Å². The molecule has 0 heterocycles. The summed E-state index contributed by atoms with van der Waals surface area (Å²) in [4.78, 5) is 14.1. The minimum Gasteiger partial charge on any atom is -0.508 e. The standard InChI is InChI=1S/C17H19NO3/c1-12-15(8-5-9-16(12)19)17(20)18(2)11-13-6-4-7-14(10-13)21-3/h4-10,19H,11H2,1-3H3. The van der Waals surface area contributed by atoms with Gasteiger partial charge in [-0.1, -0.05) is 18.2 Å². The van der Waals surface area contributed by atoms with Crippen molar-refractivity contribution in [2.45, 2.75) is 13.5 Å². The van der Waals surface area contributed by atoms with E-state index in [2.05, 4.69) is 0 Å². The van der Waals surface area contributed by atoms with Crippen LogP contribution in [-0.4, -0.2) is 30.1 Å². The van der Waals surface area contributed by atoms with Crippen molar-refractivity contribution in [3.63, 3.8) is 0 Å². The van der Waals surface area contributed by atoms with E-state index in [4.69, 9.17) is 4.74 Å². The molecule has 4 heteroatoms. The number of hydrogen-bond donors (Lipinski definition) is 1. The molecule has 1 N–H and O–H groups in total. The van der Waals surface area contributed by atoms with Crippen molar-refractivity contribution in [1.29, 1.82) is 0 Å². The lowest BCUT2D eigenvalue weighted by Gasteiger charge is -2.19. The molecule has 0 unspecified atom stereocenters. The second kappa shape index (κ2) is 6.31. The Morgan fingerprint density at radius 1 is 1.24 bits per heavy atom. The van der Waals surface area contributed by atoms with Gasteiger partial charge in [-0.05, 0) is 36.8 Å². The van der Waals surface area contributed by atoms with Gasteiger partial charge in [0.2, 0.25) is 0 Å². The number of amides is 1. The lowest BCUT2D eigenvalue weighted by molar-refractivity contribution is 0.0784. The van der Waals surface area contributed by atoms with Gasteiger partial charge in [0, 0.05) is 24.7 Å². The molecule has 1 amide bonds. The number of phenols is 1. The third-order valence-electron chi connectivity index (χ3n) is 3.44. The molecule has 0 saturated carbocycles. The zero-order valence-corrected chi connectivity index (χ0v) is 12.5. The summed E-state index contributed by atoms with van der Waals surface area (Å²) in [5, 5.41) is 9.70. The number of phenolic OH excluding ortho intramolecular Hbond substituents is 1. The van der Waals surface area contributed by atoms with Crippen LogP contribution in [0.1, 0.15) is 21.5 Å². The summed E-state index contributed by atoms with van der Waals surface area (Å²) >= 11 is 0. The molecular formula is C17H19NO3. The van der Waals surface area contributed by atoms with Crippen molar-refractivity contribution in [1.82, 2.24) is 4.90 Å². The number of nitrogens with zero attached hydrogens (tertiary/aromatic N) is 1. The van der Waals surface area contributed by atoms with E-state index >= 15 is 0 Å². The molecule has 110 valence electrons. The minimum atomic E-state index is -0.119. The van der Waals surface area contributed by atoms with Gasteiger partial charge in [0.1, 0.15) is 11.5 Å². The van der Waals surface area contributed by atoms with E-state index in [1.54, 1.807) is 44.2 Å². The van der Waals surface area contributed by atoms with Crippen LogP contribution >= 0.6 is 0 Å². The fourth-order valence-corrected chi connectivity index (χ4v) is 2.18. The average Bonchev–Trinajstić information content (AvgIpc) is 2.49. The van der Waals surface area contributed by atoms with Crippen LogP contribution in [0.15, 0.2) is 42.5 Å². The predicted molar refractivity (Wildman–Crippen MR) is 81.6 cm³/mol. The first kappa shape index (κ1) is 14.9. The smallest absolute Gasteiger partial charge is 0.254 e. The maximum Gasteiger partial charge on any atom is 0.254 e. The molecule has 0 aliphatic carbocycles. The first-order valence-corrected chi connectivity index (χ1v) is 6.70. The highest BCUT2D eigenvalue weighted by atomic mass is 16.5. The largest absolute Gasteiger partial charge is 0.508 e. The van der Waals surface area contributed by atoms with E-state index in [-0.39, 0.29) is 11.7 Å². The van der Waals surface area contributed by atoms with Crippen LogP contribution in [0.4, 0.5) is 0 Å². The topological polar surface area (TPSA) is 49.8 Å². The second-order valence-electron chi connectivity index (χ2n) is 4.96. The summed E-state index contributed by atoms with van der Waals surface area (Å²) in [5.74, 6) is 0.781. The van der Waals surface area contributed by atoms with E-state index in [0.717, 1.165) is 11.3 Å². The lowest BCUT2D eigenvalue weighted by Crippen LogP contribution is -2.26. The number of carbonyl (C=O) groups is 1. The molecule has 0 fully saturated rings. The van der Waals surface area contributed by atoms with Crippen LogP contribution in [0.5, 0.6) is 11.5 Å². The molecule has 0 saturated heterocycles. The fraction of sp³-hybridized carbons (Fsp3) is 0.235. The highest BCUT2D eigenvalue weighted by Gasteiger charge is 2.16. The van der Waals surface area contributed by atoms with E-state index in [9.17, 15) is 9.90 Å². The molecule has 2 aromatic carbocycles. The van der Waals surface area contributed by atoms with Gasteiger partial charge in [-0.2, -0.15) is 0 Å². The van der Waals surface area contributed by atoms with Gasteiger partial charge in [0.25, 0.3) is 5.91 Å². The Morgan fingerprint density at radius 3 is 2.67 bits per heavy atom. The summed E-state index contributed by atoms with van der Waals surface area (Å²) in [7, 11) is 3.36. The van der Waals surface area contributed by atoms with Crippen LogP contribution < -0.4 is 4.74 Å². The molecule has 0 atom stereocenters. The maximum atomic E-state index is 12.5. The van der Waals surface area contributed by atoms with Crippen LogP contribution in [0.3, 0.4) is 0 Å². The second-order valence-corrected chi connectivity index (χ2v) is 4.96. The number of carbonyl (C=O) groups excluding carboxylic acids is 1. The van der Waals surface area contributed by atoms with E-state index < -0.39 is 0 Å². The number of aromatic hydroxyl groups is 1. The summed E-state index contributed by atoms with van der Waals surface area (Å²) < 4.78 is 5.18. The summed E-state index contributed by atoms with van der Waals surface area (Å²) in [6, 6.07) is 12.6. The third kappa shape index (κ3) is 3.34. The van der Waals surface area contributed by atoms with Crippen molar-refractivity contribution in [3.8, 4) is 11.5 Å². The van der Waals surface area contributed by atoms with Crippen molar-refractivity contribution in [2.75, 3.05) is 14.2 Å². The monoisotopic (exact) mass is 285 g/mol. The molecule has 21 heavy (non-hydrogen) atoms. The van der Waals surface area contributed by atoms with Crippen molar-refractivity contribution >= 4 is 5.91 Å². The number of rotatable bonds is 4. The van der Waals surface area contributed by atoms with E-state index in [0.29, 0.717) is 17.7 Å². The molecule has 4 nitrogen and oxygen atoms in total. The van der Waals surface area contributed by atoms with Gasteiger partial charge < -0.3 is 14.7 Å². The molecule has 0 spiro atoms. The Balaban J connectivity index is 2.17. The van der Waals surface area contributed by atoms with Gasteiger partial charge in [-0.3, -0.25) is 4.79 Å². The Labute approximate surface area is 124 Å². The molecule has 0 aromatic heterocycles. The van der Waals surface area contributed by atoms with E-state index in [1.807, 2.05) is 24.3 Å².